The molecule has 2 amide bonds. The zero-order chi connectivity index (χ0) is 28.1. The number of para-hydroxylation sites is 2. The molecule has 6 heteroatoms. The van der Waals surface area contributed by atoms with E-state index < -0.39 is 0 Å². The minimum absolute atomic E-state index is 0.0807. The van der Waals surface area contributed by atoms with Crippen molar-refractivity contribution >= 4 is 23.6 Å². The first-order chi connectivity index (χ1) is 19.4. The maximum absolute atomic E-state index is 13.5. The third-order valence-corrected chi connectivity index (χ3v) is 7.61. The number of likely N-dealkylation sites (tertiary alicyclic amines) is 1. The van der Waals surface area contributed by atoms with E-state index in [1.54, 1.807) is 23.1 Å². The summed E-state index contributed by atoms with van der Waals surface area (Å²) < 4.78 is 6.03. The van der Waals surface area contributed by atoms with E-state index in [1.165, 1.54) is 6.42 Å². The summed E-state index contributed by atoms with van der Waals surface area (Å²) in [5, 5.41) is 3.05. The highest BCUT2D eigenvalue weighted by Gasteiger charge is 2.30. The molecule has 40 heavy (non-hydrogen) atoms. The Morgan fingerprint density at radius 2 is 1.75 bits per heavy atom. The van der Waals surface area contributed by atoms with Gasteiger partial charge in [0.1, 0.15) is 0 Å². The molecule has 3 aromatic carbocycles. The summed E-state index contributed by atoms with van der Waals surface area (Å²) in [4.78, 5) is 30.5. The third-order valence-electron chi connectivity index (χ3n) is 7.61. The molecule has 2 unspecified atom stereocenters. The van der Waals surface area contributed by atoms with E-state index in [0.29, 0.717) is 24.4 Å². The molecule has 2 heterocycles. The molecule has 2 atom stereocenters. The Morgan fingerprint density at radius 1 is 1.00 bits per heavy atom. The van der Waals surface area contributed by atoms with Gasteiger partial charge in [-0.1, -0.05) is 67.9 Å². The highest BCUT2D eigenvalue weighted by atomic mass is 16.5. The van der Waals surface area contributed by atoms with Crippen LogP contribution in [0.1, 0.15) is 53.7 Å². The maximum atomic E-state index is 13.5. The molecule has 6 nitrogen and oxygen atoms in total. The van der Waals surface area contributed by atoms with E-state index >= 15 is 0 Å². The predicted molar refractivity (Wildman–Crippen MR) is 160 cm³/mol. The van der Waals surface area contributed by atoms with Crippen LogP contribution in [0.5, 0.6) is 5.75 Å². The lowest BCUT2D eigenvalue weighted by molar-refractivity contribution is -0.117. The Kier molecular flexibility index (Phi) is 8.66. The number of aryl methyl sites for hydroxylation is 1. The van der Waals surface area contributed by atoms with E-state index in [2.05, 4.69) is 30.1 Å². The molecule has 0 aromatic heterocycles. The topological polar surface area (TPSA) is 61.9 Å². The molecule has 1 N–H and O–H groups in total. The van der Waals surface area contributed by atoms with Crippen LogP contribution in [-0.4, -0.2) is 42.9 Å². The Hall–Kier alpha value is -3.90. The monoisotopic (exact) mass is 537 g/mol. The zero-order valence-corrected chi connectivity index (χ0v) is 23.7. The molecule has 2 aliphatic heterocycles. The second-order valence-electron chi connectivity index (χ2n) is 11.4. The third kappa shape index (κ3) is 6.80. The van der Waals surface area contributed by atoms with Crippen molar-refractivity contribution in [2.24, 2.45) is 11.8 Å². The van der Waals surface area contributed by atoms with Gasteiger partial charge in [-0.05, 0) is 79.6 Å². The lowest BCUT2D eigenvalue weighted by atomic mass is 9.92. The Morgan fingerprint density at radius 3 is 2.50 bits per heavy atom. The van der Waals surface area contributed by atoms with Gasteiger partial charge in [-0.15, -0.1) is 0 Å². The van der Waals surface area contributed by atoms with Gasteiger partial charge >= 0.3 is 0 Å². The van der Waals surface area contributed by atoms with Crippen molar-refractivity contribution in [2.75, 3.05) is 31.1 Å². The lowest BCUT2D eigenvalue weighted by Crippen LogP contribution is -2.40. The van der Waals surface area contributed by atoms with Crippen LogP contribution in [0, 0.1) is 18.8 Å². The van der Waals surface area contributed by atoms with Crippen molar-refractivity contribution in [1.29, 1.82) is 0 Å². The van der Waals surface area contributed by atoms with Crippen LogP contribution < -0.4 is 15.0 Å². The normalized spacial score (nSPS) is 20.2. The molecule has 2 aliphatic rings. The number of amides is 2. The average Bonchev–Trinajstić information content (AvgIpc) is 2.93. The number of carbonyl (C=O) groups is 2. The molecule has 1 saturated heterocycles. The van der Waals surface area contributed by atoms with Crippen LogP contribution in [0.15, 0.2) is 78.6 Å². The van der Waals surface area contributed by atoms with Crippen molar-refractivity contribution in [1.82, 2.24) is 10.2 Å². The second kappa shape index (κ2) is 12.5. The first-order valence-electron chi connectivity index (χ1n) is 14.3. The van der Waals surface area contributed by atoms with Crippen LogP contribution in [0.4, 0.5) is 5.69 Å². The number of nitrogens with zero attached hydrogens (tertiary/aromatic N) is 2. The van der Waals surface area contributed by atoms with E-state index in [1.807, 2.05) is 61.5 Å². The molecule has 0 radical (unpaired) electrons. The van der Waals surface area contributed by atoms with Crippen LogP contribution in [-0.2, 0) is 11.3 Å². The standard InChI is InChI=1S/C34H39N3O3/c1-24-8-6-9-28(19-24)23-37-30-10-4-5-11-31(30)40-32(34(37)39)20-27-12-14-29(15-13-27)33(38)35-16-7-17-36-21-25(2)18-26(3)22-36/h4-6,8-15,19-20,25-26H,7,16-18,21-23H2,1-3H3,(H,35,38). The van der Waals surface area contributed by atoms with Crippen LogP contribution in [0.2, 0.25) is 0 Å². The molecule has 5 rings (SSSR count). The minimum Gasteiger partial charge on any atom is -0.449 e. The summed E-state index contributed by atoms with van der Waals surface area (Å²) in [6.45, 7) is 11.1. The molecule has 0 saturated carbocycles. The summed E-state index contributed by atoms with van der Waals surface area (Å²) >= 11 is 0. The first kappa shape index (κ1) is 27.7. The van der Waals surface area contributed by atoms with Crippen LogP contribution in [0.3, 0.4) is 0 Å². The van der Waals surface area contributed by atoms with Gasteiger partial charge in [0.05, 0.1) is 12.2 Å². The molecule has 208 valence electrons. The SMILES string of the molecule is Cc1cccc(CN2C(=O)C(=Cc3ccc(C(=O)NCCCN4CC(C)CC(C)C4)cc3)Oc3ccccc32)c1. The van der Waals surface area contributed by atoms with Crippen molar-refractivity contribution in [3.8, 4) is 5.75 Å². The minimum atomic E-state index is -0.195. The fourth-order valence-electron chi connectivity index (χ4n) is 5.88. The van der Waals surface area contributed by atoms with Crippen LogP contribution in [0.25, 0.3) is 6.08 Å². The zero-order valence-electron chi connectivity index (χ0n) is 23.7. The average molecular weight is 538 g/mol. The van der Waals surface area contributed by atoms with Gasteiger partial charge in [0.25, 0.3) is 11.8 Å². The molecule has 0 bridgehead atoms. The van der Waals surface area contributed by atoms with Gasteiger partial charge in [0.15, 0.2) is 11.5 Å². The number of piperidine rings is 1. The summed E-state index contributed by atoms with van der Waals surface area (Å²) in [5.41, 5.74) is 4.35. The van der Waals surface area contributed by atoms with Gasteiger partial charge in [-0.3, -0.25) is 14.5 Å². The fourth-order valence-corrected chi connectivity index (χ4v) is 5.88. The van der Waals surface area contributed by atoms with Gasteiger partial charge in [0.2, 0.25) is 0 Å². The van der Waals surface area contributed by atoms with Crippen molar-refractivity contribution in [3.63, 3.8) is 0 Å². The Balaban J connectivity index is 1.21. The number of anilines is 1. The number of fused-ring (bicyclic) bond motifs is 1. The molecule has 1 fully saturated rings. The van der Waals surface area contributed by atoms with E-state index in [4.69, 9.17) is 4.74 Å². The molecular formula is C34H39N3O3. The van der Waals surface area contributed by atoms with Gasteiger partial charge in [-0.2, -0.15) is 0 Å². The lowest BCUT2D eigenvalue weighted by Gasteiger charge is -2.34. The van der Waals surface area contributed by atoms with E-state index in [-0.39, 0.29) is 17.6 Å². The molecular weight excluding hydrogens is 498 g/mol. The quantitative estimate of drug-likeness (QED) is 0.280. The van der Waals surface area contributed by atoms with Crippen molar-refractivity contribution < 1.29 is 14.3 Å². The van der Waals surface area contributed by atoms with E-state index in [0.717, 1.165) is 60.3 Å². The largest absolute Gasteiger partial charge is 0.449 e. The summed E-state index contributed by atoms with van der Waals surface area (Å²) in [6, 6.07) is 23.0. The fraction of sp³-hybridized carbons (Fsp3) is 0.353. The summed E-state index contributed by atoms with van der Waals surface area (Å²) in [7, 11) is 0. The highest BCUT2D eigenvalue weighted by molar-refractivity contribution is 6.09. The number of rotatable bonds is 8. The van der Waals surface area contributed by atoms with E-state index in [9.17, 15) is 9.59 Å². The smallest absolute Gasteiger partial charge is 0.294 e. The molecule has 3 aromatic rings. The summed E-state index contributed by atoms with van der Waals surface area (Å²) in [6.07, 6.45) is 3.98. The number of ether oxygens (including phenoxy) is 1. The Bertz CT molecular complexity index is 1370. The number of nitrogens with one attached hydrogen (secondary N) is 1. The van der Waals surface area contributed by atoms with Gasteiger partial charge < -0.3 is 15.0 Å². The number of benzene rings is 3. The van der Waals surface area contributed by atoms with Crippen molar-refractivity contribution in [3.05, 3.63) is 101 Å². The van der Waals surface area contributed by atoms with Crippen LogP contribution >= 0.6 is 0 Å². The summed E-state index contributed by atoms with van der Waals surface area (Å²) in [5.74, 6) is 2.11. The maximum Gasteiger partial charge on any atom is 0.294 e. The number of hydrogen-bond acceptors (Lipinski definition) is 4. The van der Waals surface area contributed by atoms with Gasteiger partial charge in [0, 0.05) is 25.2 Å². The Labute approximate surface area is 237 Å². The van der Waals surface area contributed by atoms with Crippen molar-refractivity contribution in [2.45, 2.75) is 40.2 Å². The number of hydrogen-bond donors (Lipinski definition) is 1. The molecule has 0 aliphatic carbocycles. The second-order valence-corrected chi connectivity index (χ2v) is 11.4. The predicted octanol–water partition coefficient (Wildman–Crippen LogP) is 6.06. The van der Waals surface area contributed by atoms with Gasteiger partial charge in [-0.25, -0.2) is 0 Å². The first-order valence-corrected chi connectivity index (χ1v) is 14.3. The highest BCUT2D eigenvalue weighted by Crippen LogP contribution is 2.36. The molecule has 0 spiro atoms. The number of carbonyl (C=O) groups excluding carboxylic acids is 2.